The van der Waals surface area contributed by atoms with E-state index >= 15 is 0 Å². The van der Waals surface area contributed by atoms with Crippen LogP contribution in [0.5, 0.6) is 0 Å². The van der Waals surface area contributed by atoms with Crippen LogP contribution in [-0.4, -0.2) is 85.9 Å². The monoisotopic (exact) mass is 602 g/mol. The molecule has 12 nitrogen and oxygen atoms in total. The summed E-state index contributed by atoms with van der Waals surface area (Å²) in [6, 6.07) is 19.7. The lowest BCUT2D eigenvalue weighted by atomic mass is 10.1. The predicted molar refractivity (Wildman–Crippen MR) is 172 cm³/mol. The summed E-state index contributed by atoms with van der Waals surface area (Å²) in [5.41, 5.74) is 15.1. The average Bonchev–Trinajstić information content (AvgIpc) is 3.01. The minimum absolute atomic E-state index is 0.0913. The number of nitrogens with two attached hydrogens (primary N) is 2. The second-order valence-electron chi connectivity index (χ2n) is 10.4. The lowest BCUT2D eigenvalue weighted by molar-refractivity contribution is 0.101. The molecule has 13 heteroatoms. The highest BCUT2D eigenvalue weighted by atomic mass is 35.5. The Kier molecular flexibility index (Phi) is 8.86. The molecule has 8 N–H and O–H groups in total. The van der Waals surface area contributed by atoms with E-state index in [-0.39, 0.29) is 34.3 Å². The molecule has 2 amide bonds. The Morgan fingerprint density at radius 1 is 0.628 bits per heavy atom. The van der Waals surface area contributed by atoms with Crippen LogP contribution < -0.4 is 31.9 Å². The van der Waals surface area contributed by atoms with Gasteiger partial charge >= 0.3 is 0 Å². The standard InChI is InChI=1S/C30H35ClN10O2/c31-26-19-20(27(42)36-21-2-6-23(7-3-21)38-11-15-40(16-12-38)29(32)33)1-10-25(26)28(43)37-22-4-8-24(9-5-22)39-13-17-41(18-14-39)30(34)35/h1-10,19H,11-18H2,(H3,32,33)(H3,34,35)(H,36,42)(H,37,43). The number of carbonyl (C=O) groups excluding carboxylic acids is 2. The van der Waals surface area contributed by atoms with Crippen LogP contribution in [0.1, 0.15) is 20.7 Å². The van der Waals surface area contributed by atoms with Crippen molar-refractivity contribution in [1.29, 1.82) is 10.8 Å². The van der Waals surface area contributed by atoms with Gasteiger partial charge in [-0.15, -0.1) is 0 Å². The molecule has 0 unspecified atom stereocenters. The maximum absolute atomic E-state index is 12.9. The molecule has 0 spiro atoms. The van der Waals surface area contributed by atoms with Crippen molar-refractivity contribution in [3.05, 3.63) is 82.9 Å². The molecule has 2 aliphatic rings. The number of hydrogen-bond acceptors (Lipinski definition) is 6. The number of carbonyl (C=O) groups is 2. The summed E-state index contributed by atoms with van der Waals surface area (Å²) in [6.45, 7) is 5.79. The number of piperazine rings is 2. The van der Waals surface area contributed by atoms with E-state index in [1.54, 1.807) is 12.1 Å². The number of nitrogens with zero attached hydrogens (tertiary/aromatic N) is 4. The van der Waals surface area contributed by atoms with Crippen molar-refractivity contribution in [3.8, 4) is 0 Å². The number of benzene rings is 3. The van der Waals surface area contributed by atoms with Gasteiger partial charge in [-0.1, -0.05) is 11.6 Å². The number of halogens is 1. The molecule has 0 aliphatic carbocycles. The second-order valence-corrected chi connectivity index (χ2v) is 10.8. The zero-order valence-electron chi connectivity index (χ0n) is 23.6. The van der Waals surface area contributed by atoms with Crippen LogP contribution in [0.15, 0.2) is 66.7 Å². The van der Waals surface area contributed by atoms with Crippen molar-refractivity contribution in [2.24, 2.45) is 11.5 Å². The van der Waals surface area contributed by atoms with Gasteiger partial charge in [-0.05, 0) is 66.7 Å². The normalized spacial score (nSPS) is 15.2. The molecule has 3 aromatic carbocycles. The summed E-state index contributed by atoms with van der Waals surface area (Å²) in [5.74, 6) is -0.528. The van der Waals surface area contributed by atoms with E-state index in [1.165, 1.54) is 6.07 Å². The Bertz CT molecular complexity index is 1500. The Hall–Kier alpha value is -4.97. The maximum atomic E-state index is 12.9. The second kappa shape index (κ2) is 12.9. The van der Waals surface area contributed by atoms with Crippen molar-refractivity contribution < 1.29 is 9.59 Å². The Labute approximate surface area is 255 Å². The minimum atomic E-state index is -0.375. The summed E-state index contributed by atoms with van der Waals surface area (Å²) in [6.07, 6.45) is 0. The summed E-state index contributed by atoms with van der Waals surface area (Å²) in [5, 5.41) is 21.1. The van der Waals surface area contributed by atoms with Gasteiger partial charge in [0, 0.05) is 80.7 Å². The molecule has 2 aliphatic heterocycles. The first kappa shape index (κ1) is 29.5. The Balaban J connectivity index is 1.14. The average molecular weight is 603 g/mol. The minimum Gasteiger partial charge on any atom is -0.370 e. The maximum Gasteiger partial charge on any atom is 0.257 e. The third kappa shape index (κ3) is 7.09. The van der Waals surface area contributed by atoms with Crippen LogP contribution in [0.4, 0.5) is 22.7 Å². The van der Waals surface area contributed by atoms with Gasteiger partial charge in [0.25, 0.3) is 11.8 Å². The van der Waals surface area contributed by atoms with Gasteiger partial charge in [-0.2, -0.15) is 0 Å². The van der Waals surface area contributed by atoms with E-state index < -0.39 is 0 Å². The molecule has 2 fully saturated rings. The Morgan fingerprint density at radius 2 is 1.05 bits per heavy atom. The van der Waals surface area contributed by atoms with E-state index in [0.717, 1.165) is 37.6 Å². The number of nitrogens with one attached hydrogen (secondary N) is 4. The summed E-state index contributed by atoms with van der Waals surface area (Å²) in [4.78, 5) is 33.9. The molecule has 0 aromatic heterocycles. The van der Waals surface area contributed by atoms with Gasteiger partial charge in [-0.25, -0.2) is 0 Å². The molecule has 43 heavy (non-hydrogen) atoms. The lowest BCUT2D eigenvalue weighted by Crippen LogP contribution is -2.50. The van der Waals surface area contributed by atoms with Crippen molar-refractivity contribution in [3.63, 3.8) is 0 Å². The van der Waals surface area contributed by atoms with Gasteiger partial charge in [0.15, 0.2) is 11.9 Å². The molecule has 5 rings (SSSR count). The van der Waals surface area contributed by atoms with Crippen LogP contribution in [0.25, 0.3) is 0 Å². The van der Waals surface area contributed by atoms with E-state index in [9.17, 15) is 9.59 Å². The summed E-state index contributed by atoms with van der Waals surface area (Å²) < 4.78 is 0. The molecule has 2 heterocycles. The largest absolute Gasteiger partial charge is 0.370 e. The summed E-state index contributed by atoms with van der Waals surface area (Å²) >= 11 is 6.43. The number of amides is 2. The fourth-order valence-electron chi connectivity index (χ4n) is 5.16. The van der Waals surface area contributed by atoms with Crippen molar-refractivity contribution in [2.75, 3.05) is 72.8 Å². The van der Waals surface area contributed by atoms with E-state index in [1.807, 2.05) is 58.3 Å². The highest BCUT2D eigenvalue weighted by Gasteiger charge is 2.20. The van der Waals surface area contributed by atoms with Gasteiger partial charge in [0.2, 0.25) is 0 Å². The van der Waals surface area contributed by atoms with Gasteiger partial charge < -0.3 is 41.7 Å². The predicted octanol–water partition coefficient (Wildman–Crippen LogP) is 2.88. The smallest absolute Gasteiger partial charge is 0.257 e. The highest BCUT2D eigenvalue weighted by molar-refractivity contribution is 6.35. The first-order valence-corrected chi connectivity index (χ1v) is 14.4. The molecule has 224 valence electrons. The molecule has 0 bridgehead atoms. The first-order chi connectivity index (χ1) is 20.7. The van der Waals surface area contributed by atoms with Crippen LogP contribution in [0, 0.1) is 10.8 Å². The summed E-state index contributed by atoms with van der Waals surface area (Å²) in [7, 11) is 0. The SMILES string of the molecule is N=C(N)N1CCN(c2ccc(NC(=O)c3ccc(C(=O)Nc4ccc(N5CCN(C(=N)N)CC5)cc4)c(Cl)c3)cc2)CC1. The fraction of sp³-hybridized carbons (Fsp3) is 0.267. The molecular weight excluding hydrogens is 568 g/mol. The van der Waals surface area contributed by atoms with E-state index in [4.69, 9.17) is 33.9 Å². The number of hydrogen-bond donors (Lipinski definition) is 6. The van der Waals surface area contributed by atoms with E-state index in [0.29, 0.717) is 43.1 Å². The fourth-order valence-corrected chi connectivity index (χ4v) is 5.43. The molecular formula is C30H35ClN10O2. The van der Waals surface area contributed by atoms with Gasteiger partial charge in [0.05, 0.1) is 10.6 Å². The molecule has 2 saturated heterocycles. The molecule has 0 saturated carbocycles. The van der Waals surface area contributed by atoms with Gasteiger partial charge in [-0.3, -0.25) is 20.4 Å². The topological polar surface area (TPSA) is 171 Å². The van der Waals surface area contributed by atoms with Crippen LogP contribution in [0.3, 0.4) is 0 Å². The molecule has 3 aromatic rings. The van der Waals surface area contributed by atoms with E-state index in [2.05, 4.69) is 20.4 Å². The van der Waals surface area contributed by atoms with Crippen LogP contribution in [0.2, 0.25) is 5.02 Å². The van der Waals surface area contributed by atoms with Crippen molar-refractivity contribution in [2.45, 2.75) is 0 Å². The highest BCUT2D eigenvalue weighted by Crippen LogP contribution is 2.24. The number of rotatable bonds is 6. The molecule has 0 radical (unpaired) electrons. The Morgan fingerprint density at radius 3 is 1.44 bits per heavy atom. The van der Waals surface area contributed by atoms with Gasteiger partial charge in [0.1, 0.15) is 0 Å². The van der Waals surface area contributed by atoms with Crippen LogP contribution in [-0.2, 0) is 0 Å². The first-order valence-electron chi connectivity index (χ1n) is 14.0. The van der Waals surface area contributed by atoms with Crippen LogP contribution >= 0.6 is 11.6 Å². The molecule has 0 atom stereocenters. The zero-order chi connectivity index (χ0) is 30.5. The third-order valence-electron chi connectivity index (χ3n) is 7.70. The number of anilines is 4. The zero-order valence-corrected chi connectivity index (χ0v) is 24.4. The third-order valence-corrected chi connectivity index (χ3v) is 8.01. The van der Waals surface area contributed by atoms with Crippen molar-refractivity contribution >= 4 is 58.1 Å². The quantitative estimate of drug-likeness (QED) is 0.185. The van der Waals surface area contributed by atoms with Crippen molar-refractivity contribution in [1.82, 2.24) is 9.80 Å². The lowest BCUT2D eigenvalue weighted by Gasteiger charge is -2.36. The number of guanidine groups is 2.